The maximum absolute atomic E-state index is 13.8. The van der Waals surface area contributed by atoms with Crippen LogP contribution in [0.25, 0.3) is 0 Å². The van der Waals surface area contributed by atoms with Crippen molar-refractivity contribution < 1.29 is 19.1 Å². The number of rotatable bonds is 2. The van der Waals surface area contributed by atoms with E-state index in [-0.39, 0.29) is 12.2 Å². The van der Waals surface area contributed by atoms with Crippen molar-refractivity contribution in [3.63, 3.8) is 0 Å². The summed E-state index contributed by atoms with van der Waals surface area (Å²) in [5.74, 6) is 0.969. The Hall–Kier alpha value is -3.51. The first-order chi connectivity index (χ1) is 13.1. The fourth-order valence-corrected chi connectivity index (χ4v) is 2.64. The van der Waals surface area contributed by atoms with Crippen LogP contribution in [0, 0.1) is 12.7 Å². The van der Waals surface area contributed by atoms with E-state index in [9.17, 15) is 4.39 Å². The SMILES string of the molecule is Cc1ccc(C2=Nc3ccccc3Oc3ccc(F)cc32)cc1.O=CNO. The summed E-state index contributed by atoms with van der Waals surface area (Å²) < 4.78 is 19.8. The van der Waals surface area contributed by atoms with Crippen molar-refractivity contribution in [3.05, 3.63) is 89.2 Å². The predicted octanol–water partition coefficient (Wildman–Crippen LogP) is 4.53. The van der Waals surface area contributed by atoms with Crippen LogP contribution in [0.4, 0.5) is 10.1 Å². The minimum atomic E-state index is -0.307. The van der Waals surface area contributed by atoms with E-state index >= 15 is 0 Å². The smallest absolute Gasteiger partial charge is 0.230 e. The van der Waals surface area contributed by atoms with Crippen LogP contribution in [0.1, 0.15) is 16.7 Å². The van der Waals surface area contributed by atoms with E-state index in [0.29, 0.717) is 22.8 Å². The number of aryl methyl sites for hydroxylation is 1. The van der Waals surface area contributed by atoms with Crippen LogP contribution in [0.15, 0.2) is 71.7 Å². The first kappa shape index (κ1) is 18.3. The summed E-state index contributed by atoms with van der Waals surface area (Å²) in [6.45, 7) is 2.03. The molecule has 0 radical (unpaired) electrons. The average Bonchev–Trinajstić information content (AvgIpc) is 2.85. The monoisotopic (exact) mass is 364 g/mol. The van der Waals surface area contributed by atoms with Crippen LogP contribution in [-0.2, 0) is 4.79 Å². The van der Waals surface area contributed by atoms with Gasteiger partial charge in [0.25, 0.3) is 0 Å². The molecule has 3 aromatic rings. The first-order valence-corrected chi connectivity index (χ1v) is 8.18. The van der Waals surface area contributed by atoms with E-state index in [0.717, 1.165) is 11.3 Å². The van der Waals surface area contributed by atoms with Crippen LogP contribution in [0.3, 0.4) is 0 Å². The molecule has 0 saturated heterocycles. The van der Waals surface area contributed by atoms with Gasteiger partial charge < -0.3 is 4.74 Å². The largest absolute Gasteiger partial charge is 0.454 e. The Morgan fingerprint density at radius 3 is 2.44 bits per heavy atom. The number of aliphatic imine (C=N–C) groups is 1. The molecule has 6 heteroatoms. The third-order valence-electron chi connectivity index (χ3n) is 3.89. The number of fused-ring (bicyclic) bond motifs is 2. The van der Waals surface area contributed by atoms with Gasteiger partial charge in [-0.25, -0.2) is 14.9 Å². The van der Waals surface area contributed by atoms with E-state index < -0.39 is 0 Å². The second-order valence-corrected chi connectivity index (χ2v) is 5.78. The number of nitrogens with one attached hydrogen (secondary N) is 1. The van der Waals surface area contributed by atoms with Crippen molar-refractivity contribution in [2.75, 3.05) is 0 Å². The van der Waals surface area contributed by atoms with Crippen LogP contribution < -0.4 is 10.2 Å². The number of halogens is 1. The molecule has 0 spiro atoms. The number of amides is 1. The molecule has 0 aliphatic carbocycles. The van der Waals surface area contributed by atoms with Crippen molar-refractivity contribution in [2.45, 2.75) is 6.92 Å². The number of hydrogen-bond acceptors (Lipinski definition) is 4. The van der Waals surface area contributed by atoms with Gasteiger partial charge >= 0.3 is 0 Å². The average molecular weight is 364 g/mol. The topological polar surface area (TPSA) is 70.9 Å². The van der Waals surface area contributed by atoms with Gasteiger partial charge in [-0.1, -0.05) is 42.0 Å². The van der Waals surface area contributed by atoms with Crippen LogP contribution >= 0.6 is 0 Å². The number of hydrogen-bond donors (Lipinski definition) is 2. The number of carbonyl (C=O) groups is 1. The lowest BCUT2D eigenvalue weighted by atomic mass is 10.00. The highest BCUT2D eigenvalue weighted by Gasteiger charge is 2.20. The summed E-state index contributed by atoms with van der Waals surface area (Å²) in [4.78, 5) is 13.6. The van der Waals surface area contributed by atoms with Gasteiger partial charge in [-0.3, -0.25) is 10.0 Å². The standard InChI is InChI=1S/C20H14FNO.CH3NO2/c1-13-6-8-14(9-7-13)20-16-12-15(21)10-11-18(16)23-19-5-3-2-4-17(19)22-20;3-1-2-4/h2-12H,1H3;1,4H,(H,2,3). The summed E-state index contributed by atoms with van der Waals surface area (Å²) in [5.41, 5.74) is 5.45. The molecule has 0 unspecified atom stereocenters. The number of nitrogens with zero attached hydrogens (tertiary/aromatic N) is 1. The Morgan fingerprint density at radius 1 is 1.04 bits per heavy atom. The van der Waals surface area contributed by atoms with Crippen molar-refractivity contribution in [1.82, 2.24) is 5.48 Å². The molecule has 1 aliphatic heterocycles. The molecule has 0 fully saturated rings. The zero-order valence-corrected chi connectivity index (χ0v) is 14.5. The lowest BCUT2D eigenvalue weighted by molar-refractivity contribution is -0.116. The van der Waals surface area contributed by atoms with Gasteiger partial charge in [0.1, 0.15) is 17.3 Å². The zero-order valence-electron chi connectivity index (χ0n) is 14.5. The third kappa shape index (κ3) is 4.19. The molecular weight excluding hydrogens is 347 g/mol. The van der Waals surface area contributed by atoms with Crippen LogP contribution in [-0.4, -0.2) is 17.3 Å². The molecule has 136 valence electrons. The second-order valence-electron chi connectivity index (χ2n) is 5.78. The van der Waals surface area contributed by atoms with E-state index in [1.165, 1.54) is 23.2 Å². The molecule has 0 saturated carbocycles. The number of carbonyl (C=O) groups excluding carboxylic acids is 1. The Balaban J connectivity index is 0.000000481. The Morgan fingerprint density at radius 2 is 1.74 bits per heavy atom. The van der Waals surface area contributed by atoms with Crippen LogP contribution in [0.5, 0.6) is 11.5 Å². The molecule has 0 bridgehead atoms. The minimum Gasteiger partial charge on any atom is -0.454 e. The predicted molar refractivity (Wildman–Crippen MR) is 100 cm³/mol. The Labute approximate surface area is 155 Å². The van der Waals surface area contributed by atoms with Gasteiger partial charge in [-0.05, 0) is 37.3 Å². The number of benzene rings is 3. The molecule has 27 heavy (non-hydrogen) atoms. The minimum absolute atomic E-state index is 0.181. The van der Waals surface area contributed by atoms with E-state index in [2.05, 4.69) is 0 Å². The van der Waals surface area contributed by atoms with E-state index in [1.54, 1.807) is 6.07 Å². The number of ether oxygens (including phenoxy) is 1. The van der Waals surface area contributed by atoms with Gasteiger partial charge in [-0.15, -0.1) is 0 Å². The maximum atomic E-state index is 13.8. The highest BCUT2D eigenvalue weighted by molar-refractivity contribution is 6.16. The quantitative estimate of drug-likeness (QED) is 0.312. The number of para-hydroxylation sites is 2. The van der Waals surface area contributed by atoms with Gasteiger partial charge in [0.15, 0.2) is 5.75 Å². The summed E-state index contributed by atoms with van der Waals surface area (Å²) in [6.07, 6.45) is 0.181. The normalized spacial score (nSPS) is 11.4. The van der Waals surface area contributed by atoms with Gasteiger partial charge in [0, 0.05) is 11.1 Å². The van der Waals surface area contributed by atoms with Gasteiger partial charge in [0.05, 0.1) is 5.71 Å². The molecule has 2 N–H and O–H groups in total. The highest BCUT2D eigenvalue weighted by Crippen LogP contribution is 2.38. The summed E-state index contributed by atoms with van der Waals surface area (Å²) in [5, 5.41) is 7.26. The third-order valence-corrected chi connectivity index (χ3v) is 3.89. The lowest BCUT2D eigenvalue weighted by Gasteiger charge is -2.10. The summed E-state index contributed by atoms with van der Waals surface area (Å²) in [7, 11) is 0. The molecule has 0 aromatic heterocycles. The zero-order chi connectivity index (χ0) is 19.2. The summed E-state index contributed by atoms with van der Waals surface area (Å²) in [6, 6.07) is 20.1. The van der Waals surface area contributed by atoms with Gasteiger partial charge in [0.2, 0.25) is 6.41 Å². The molecule has 1 aliphatic rings. The second kappa shape index (κ2) is 8.25. The van der Waals surface area contributed by atoms with E-state index in [1.807, 2.05) is 55.5 Å². The Kier molecular flexibility index (Phi) is 5.58. The summed E-state index contributed by atoms with van der Waals surface area (Å²) >= 11 is 0. The molecule has 1 heterocycles. The molecular formula is C21H17FN2O3. The highest BCUT2D eigenvalue weighted by atomic mass is 19.1. The fourth-order valence-electron chi connectivity index (χ4n) is 2.64. The number of hydroxylamine groups is 1. The molecule has 3 aromatic carbocycles. The van der Waals surface area contributed by atoms with Crippen molar-refractivity contribution in [3.8, 4) is 11.5 Å². The molecule has 5 nitrogen and oxygen atoms in total. The van der Waals surface area contributed by atoms with Crippen molar-refractivity contribution >= 4 is 17.8 Å². The van der Waals surface area contributed by atoms with Gasteiger partial charge in [-0.2, -0.15) is 0 Å². The molecule has 4 rings (SSSR count). The van der Waals surface area contributed by atoms with Crippen molar-refractivity contribution in [1.29, 1.82) is 0 Å². The Bertz CT molecular complexity index is 985. The molecule has 0 atom stereocenters. The lowest BCUT2D eigenvalue weighted by Crippen LogP contribution is -2.04. The van der Waals surface area contributed by atoms with E-state index in [4.69, 9.17) is 19.7 Å². The first-order valence-electron chi connectivity index (χ1n) is 8.18. The maximum Gasteiger partial charge on any atom is 0.230 e. The van der Waals surface area contributed by atoms with Crippen LogP contribution in [0.2, 0.25) is 0 Å². The fraction of sp³-hybridized carbons (Fsp3) is 0.0476. The molecule has 1 amide bonds. The van der Waals surface area contributed by atoms with Crippen molar-refractivity contribution in [2.24, 2.45) is 4.99 Å².